The van der Waals surface area contributed by atoms with Gasteiger partial charge in [0.15, 0.2) is 0 Å². The summed E-state index contributed by atoms with van der Waals surface area (Å²) in [6.45, 7) is 0.452. The molecule has 7 heteroatoms. The SMILES string of the molecule is Cl.NCC(=O)NCC(=O)NCCCc1c[nH]c2ccccc12. The average Bonchev–Trinajstić information content (AvgIpc) is 2.92. The minimum atomic E-state index is -0.330. The Hall–Kier alpha value is -2.05. The van der Waals surface area contributed by atoms with E-state index in [1.807, 2.05) is 24.4 Å². The molecular weight excluding hydrogens is 304 g/mol. The highest BCUT2D eigenvalue weighted by Gasteiger charge is 2.05. The number of nitrogens with two attached hydrogens (primary N) is 1. The Morgan fingerprint density at radius 1 is 1.14 bits per heavy atom. The van der Waals surface area contributed by atoms with Crippen LogP contribution in [-0.4, -0.2) is 36.4 Å². The number of rotatable bonds is 7. The van der Waals surface area contributed by atoms with Gasteiger partial charge in [0.1, 0.15) is 0 Å². The summed E-state index contributed by atoms with van der Waals surface area (Å²) in [7, 11) is 0. The van der Waals surface area contributed by atoms with Crippen molar-refractivity contribution < 1.29 is 9.59 Å². The first-order chi connectivity index (χ1) is 10.2. The lowest BCUT2D eigenvalue weighted by Crippen LogP contribution is -2.39. The molecule has 1 heterocycles. The number of carbonyl (C=O) groups is 2. The number of hydrogen-bond acceptors (Lipinski definition) is 3. The summed E-state index contributed by atoms with van der Waals surface area (Å²) in [4.78, 5) is 25.6. The second-order valence-corrected chi connectivity index (χ2v) is 4.79. The fourth-order valence-corrected chi connectivity index (χ4v) is 2.16. The number of aryl methyl sites for hydroxylation is 1. The minimum Gasteiger partial charge on any atom is -0.361 e. The van der Waals surface area contributed by atoms with Crippen LogP contribution in [0.4, 0.5) is 0 Å². The largest absolute Gasteiger partial charge is 0.361 e. The number of benzene rings is 1. The van der Waals surface area contributed by atoms with Crippen molar-refractivity contribution >= 4 is 35.1 Å². The summed E-state index contributed by atoms with van der Waals surface area (Å²) in [5.41, 5.74) is 7.51. The van der Waals surface area contributed by atoms with Crippen LogP contribution < -0.4 is 16.4 Å². The third kappa shape index (κ3) is 5.05. The molecule has 1 aromatic heterocycles. The van der Waals surface area contributed by atoms with Gasteiger partial charge in [-0.15, -0.1) is 12.4 Å². The van der Waals surface area contributed by atoms with Gasteiger partial charge in [-0.2, -0.15) is 0 Å². The van der Waals surface area contributed by atoms with E-state index >= 15 is 0 Å². The molecule has 6 nitrogen and oxygen atoms in total. The molecule has 0 atom stereocenters. The van der Waals surface area contributed by atoms with E-state index in [9.17, 15) is 9.59 Å². The van der Waals surface area contributed by atoms with Crippen molar-refractivity contribution in [1.82, 2.24) is 15.6 Å². The molecule has 120 valence electrons. The van der Waals surface area contributed by atoms with Gasteiger partial charge in [-0.1, -0.05) is 18.2 Å². The van der Waals surface area contributed by atoms with Crippen molar-refractivity contribution in [1.29, 1.82) is 0 Å². The van der Waals surface area contributed by atoms with E-state index in [4.69, 9.17) is 5.73 Å². The van der Waals surface area contributed by atoms with Crippen molar-refractivity contribution in [2.75, 3.05) is 19.6 Å². The molecule has 0 aliphatic heterocycles. The molecule has 0 fully saturated rings. The normalized spacial score (nSPS) is 10.0. The number of halogens is 1. The van der Waals surface area contributed by atoms with Crippen LogP contribution in [0.3, 0.4) is 0 Å². The molecule has 5 N–H and O–H groups in total. The molecule has 0 aliphatic carbocycles. The van der Waals surface area contributed by atoms with Crippen LogP contribution in [0, 0.1) is 0 Å². The maximum atomic E-state index is 11.5. The highest BCUT2D eigenvalue weighted by atomic mass is 35.5. The van der Waals surface area contributed by atoms with Gasteiger partial charge in [0.2, 0.25) is 11.8 Å². The fourth-order valence-electron chi connectivity index (χ4n) is 2.16. The second-order valence-electron chi connectivity index (χ2n) is 4.79. The van der Waals surface area contributed by atoms with E-state index < -0.39 is 0 Å². The van der Waals surface area contributed by atoms with Gasteiger partial charge in [-0.25, -0.2) is 0 Å². The van der Waals surface area contributed by atoms with Crippen LogP contribution in [0.2, 0.25) is 0 Å². The number of carbonyl (C=O) groups excluding carboxylic acids is 2. The molecule has 1 aromatic carbocycles. The van der Waals surface area contributed by atoms with E-state index in [0.29, 0.717) is 6.54 Å². The fraction of sp³-hybridized carbons (Fsp3) is 0.333. The topological polar surface area (TPSA) is 100 Å². The molecule has 0 saturated heterocycles. The summed E-state index contributed by atoms with van der Waals surface area (Å²) >= 11 is 0. The van der Waals surface area contributed by atoms with Crippen LogP contribution in [0.1, 0.15) is 12.0 Å². The van der Waals surface area contributed by atoms with E-state index in [2.05, 4.69) is 21.7 Å². The Kier molecular flexibility index (Phi) is 7.42. The molecule has 0 bridgehead atoms. The maximum absolute atomic E-state index is 11.5. The van der Waals surface area contributed by atoms with Crippen molar-refractivity contribution in [2.45, 2.75) is 12.8 Å². The van der Waals surface area contributed by atoms with Crippen molar-refractivity contribution in [3.05, 3.63) is 36.0 Å². The third-order valence-electron chi connectivity index (χ3n) is 3.25. The molecule has 0 saturated carbocycles. The number of aromatic nitrogens is 1. The number of nitrogens with one attached hydrogen (secondary N) is 3. The van der Waals surface area contributed by atoms with E-state index in [0.717, 1.165) is 18.4 Å². The number of H-pyrrole nitrogens is 1. The van der Waals surface area contributed by atoms with Crippen LogP contribution in [-0.2, 0) is 16.0 Å². The number of aromatic amines is 1. The Balaban J connectivity index is 0.00000242. The number of para-hydroxylation sites is 1. The van der Waals surface area contributed by atoms with Crippen LogP contribution in [0.15, 0.2) is 30.5 Å². The van der Waals surface area contributed by atoms with Gasteiger partial charge in [0.25, 0.3) is 0 Å². The lowest BCUT2D eigenvalue weighted by atomic mass is 10.1. The first kappa shape index (κ1) is 18.0. The number of hydrogen-bond donors (Lipinski definition) is 4. The molecule has 2 aromatic rings. The lowest BCUT2D eigenvalue weighted by Gasteiger charge is -2.06. The Bertz CT molecular complexity index is 627. The summed E-state index contributed by atoms with van der Waals surface area (Å²) in [5.74, 6) is -0.528. The first-order valence-electron chi connectivity index (χ1n) is 6.99. The van der Waals surface area contributed by atoms with Crippen molar-refractivity contribution in [3.8, 4) is 0 Å². The average molecular weight is 325 g/mol. The van der Waals surface area contributed by atoms with E-state index in [1.165, 1.54) is 10.9 Å². The van der Waals surface area contributed by atoms with Gasteiger partial charge in [0.05, 0.1) is 13.1 Å². The van der Waals surface area contributed by atoms with Gasteiger partial charge in [0, 0.05) is 23.6 Å². The summed E-state index contributed by atoms with van der Waals surface area (Å²) < 4.78 is 0. The van der Waals surface area contributed by atoms with Crippen LogP contribution >= 0.6 is 12.4 Å². The summed E-state index contributed by atoms with van der Waals surface area (Å²) in [6.07, 6.45) is 3.74. The zero-order valence-electron chi connectivity index (χ0n) is 12.2. The smallest absolute Gasteiger partial charge is 0.239 e. The minimum absolute atomic E-state index is 0. The van der Waals surface area contributed by atoms with Gasteiger partial charge in [-0.05, 0) is 24.5 Å². The molecule has 0 unspecified atom stereocenters. The highest BCUT2D eigenvalue weighted by molar-refractivity contribution is 5.86. The molecule has 2 rings (SSSR count). The molecule has 0 radical (unpaired) electrons. The van der Waals surface area contributed by atoms with E-state index in [1.54, 1.807) is 0 Å². The zero-order chi connectivity index (χ0) is 15.1. The third-order valence-corrected chi connectivity index (χ3v) is 3.25. The van der Waals surface area contributed by atoms with Gasteiger partial charge < -0.3 is 21.4 Å². The molecular formula is C15H21ClN4O2. The van der Waals surface area contributed by atoms with Crippen molar-refractivity contribution in [2.24, 2.45) is 5.73 Å². The quantitative estimate of drug-likeness (QED) is 0.564. The van der Waals surface area contributed by atoms with Gasteiger partial charge >= 0.3 is 0 Å². The highest BCUT2D eigenvalue weighted by Crippen LogP contribution is 2.18. The van der Waals surface area contributed by atoms with E-state index in [-0.39, 0.29) is 37.3 Å². The molecule has 2 amide bonds. The number of amides is 2. The summed E-state index contributed by atoms with van der Waals surface area (Å²) in [6, 6.07) is 8.14. The second kappa shape index (κ2) is 9.07. The van der Waals surface area contributed by atoms with Crippen LogP contribution in [0.25, 0.3) is 10.9 Å². The molecule has 0 aliphatic rings. The standard InChI is InChI=1S/C15H20N4O2.ClH/c16-8-14(20)19-10-15(21)17-7-3-4-11-9-18-13-6-2-1-5-12(11)13;/h1-2,5-6,9,18H,3-4,7-8,10,16H2,(H,17,21)(H,19,20);1H. The lowest BCUT2D eigenvalue weighted by molar-refractivity contribution is -0.125. The van der Waals surface area contributed by atoms with Gasteiger partial charge in [-0.3, -0.25) is 9.59 Å². The number of fused-ring (bicyclic) bond motifs is 1. The van der Waals surface area contributed by atoms with Crippen LogP contribution in [0.5, 0.6) is 0 Å². The predicted molar refractivity (Wildman–Crippen MR) is 88.9 cm³/mol. The van der Waals surface area contributed by atoms with Crippen molar-refractivity contribution in [3.63, 3.8) is 0 Å². The monoisotopic (exact) mass is 324 g/mol. The Morgan fingerprint density at radius 3 is 2.68 bits per heavy atom. The Labute approximate surface area is 135 Å². The summed E-state index contributed by atoms with van der Waals surface area (Å²) in [5, 5.41) is 6.42. The molecule has 0 spiro atoms. The maximum Gasteiger partial charge on any atom is 0.239 e. The Morgan fingerprint density at radius 2 is 1.91 bits per heavy atom. The first-order valence-corrected chi connectivity index (χ1v) is 6.99. The predicted octanol–water partition coefficient (Wildman–Crippen LogP) is 0.713. The molecule has 22 heavy (non-hydrogen) atoms. The zero-order valence-corrected chi connectivity index (χ0v) is 13.0.